The van der Waals surface area contributed by atoms with Crippen molar-refractivity contribution in [3.8, 4) is 0 Å². The van der Waals surface area contributed by atoms with Crippen LogP contribution < -0.4 is 0 Å². The minimum Gasteiger partial charge on any atom is -0.392 e. The van der Waals surface area contributed by atoms with Crippen molar-refractivity contribution in [2.45, 2.75) is 77.9 Å². The number of hydrogen-bond acceptors (Lipinski definition) is 2. The summed E-state index contributed by atoms with van der Waals surface area (Å²) in [7, 11) is 0. The molecule has 1 aliphatic rings. The highest BCUT2D eigenvalue weighted by Gasteiger charge is 2.22. The van der Waals surface area contributed by atoms with Crippen molar-refractivity contribution in [2.75, 3.05) is 6.54 Å². The van der Waals surface area contributed by atoms with Gasteiger partial charge in [-0.15, -0.1) is 0 Å². The van der Waals surface area contributed by atoms with Crippen LogP contribution in [0.15, 0.2) is 0 Å². The van der Waals surface area contributed by atoms with Crippen LogP contribution in [-0.4, -0.2) is 34.6 Å². The van der Waals surface area contributed by atoms with Crippen LogP contribution >= 0.6 is 0 Å². The Kier molecular flexibility index (Phi) is 6.69. The van der Waals surface area contributed by atoms with Crippen LogP contribution in [0.3, 0.4) is 0 Å². The van der Waals surface area contributed by atoms with Gasteiger partial charge in [0.15, 0.2) is 0 Å². The molecule has 0 aromatic rings. The number of carbonyl (C=O) groups excluding carboxylic acids is 1. The normalized spacial score (nSPS) is 19.6. The van der Waals surface area contributed by atoms with E-state index >= 15 is 0 Å². The molecule has 0 spiro atoms. The van der Waals surface area contributed by atoms with Crippen LogP contribution in [0.25, 0.3) is 0 Å². The van der Waals surface area contributed by atoms with Gasteiger partial charge in [-0.25, -0.2) is 0 Å². The molecule has 3 heteroatoms. The van der Waals surface area contributed by atoms with Gasteiger partial charge in [0.25, 0.3) is 0 Å². The summed E-state index contributed by atoms with van der Waals surface area (Å²) < 4.78 is 0. The predicted octanol–water partition coefficient (Wildman–Crippen LogP) is 2.96. The second kappa shape index (κ2) is 7.78. The number of rotatable bonds is 5. The number of aliphatic hydroxyl groups excluding tert-OH is 1. The number of nitrogens with zero attached hydrogens (tertiary/aromatic N) is 1. The lowest BCUT2D eigenvalue weighted by Crippen LogP contribution is -2.42. The van der Waals surface area contributed by atoms with E-state index in [0.29, 0.717) is 18.9 Å². The molecular formula is C15H29NO2. The number of hydrogen-bond donors (Lipinski definition) is 1. The number of carbonyl (C=O) groups is 1. The van der Waals surface area contributed by atoms with Gasteiger partial charge in [0.2, 0.25) is 5.91 Å². The van der Waals surface area contributed by atoms with Crippen LogP contribution in [0.4, 0.5) is 0 Å². The molecule has 1 saturated carbocycles. The lowest BCUT2D eigenvalue weighted by molar-refractivity contribution is -0.135. The molecular weight excluding hydrogens is 226 g/mol. The fraction of sp³-hybridized carbons (Fsp3) is 0.933. The van der Waals surface area contributed by atoms with Gasteiger partial charge in [0, 0.05) is 19.0 Å². The Bertz CT molecular complexity index is 243. The Labute approximate surface area is 112 Å². The summed E-state index contributed by atoms with van der Waals surface area (Å²) in [5.74, 6) is 0.785. The summed E-state index contributed by atoms with van der Waals surface area (Å²) >= 11 is 0. The van der Waals surface area contributed by atoms with E-state index in [1.165, 1.54) is 38.5 Å². The first kappa shape index (κ1) is 15.5. The Hall–Kier alpha value is -0.570. The Morgan fingerprint density at radius 3 is 2.17 bits per heavy atom. The summed E-state index contributed by atoms with van der Waals surface area (Å²) in [5.41, 5.74) is 0. The van der Waals surface area contributed by atoms with Gasteiger partial charge in [0.1, 0.15) is 0 Å². The smallest absolute Gasteiger partial charge is 0.223 e. The van der Waals surface area contributed by atoms with Gasteiger partial charge in [-0.1, -0.05) is 25.7 Å². The minimum absolute atomic E-state index is 0.179. The summed E-state index contributed by atoms with van der Waals surface area (Å²) in [6.07, 6.45) is 7.83. The molecule has 1 unspecified atom stereocenters. The van der Waals surface area contributed by atoms with Crippen LogP contribution in [0.1, 0.15) is 65.7 Å². The van der Waals surface area contributed by atoms with Crippen molar-refractivity contribution in [1.29, 1.82) is 0 Å². The van der Waals surface area contributed by atoms with Crippen molar-refractivity contribution >= 4 is 5.91 Å². The van der Waals surface area contributed by atoms with Gasteiger partial charge in [-0.05, 0) is 39.5 Å². The molecule has 1 amide bonds. The Morgan fingerprint density at radius 1 is 1.17 bits per heavy atom. The SMILES string of the molecule is CC(O)CN(C(=O)CC1CCCCCC1)C(C)C. The molecule has 3 nitrogen and oxygen atoms in total. The molecule has 1 fully saturated rings. The molecule has 1 rings (SSSR count). The van der Waals surface area contributed by atoms with Crippen LogP contribution in [0.2, 0.25) is 0 Å². The second-order valence-corrected chi connectivity index (χ2v) is 6.05. The zero-order chi connectivity index (χ0) is 13.5. The zero-order valence-corrected chi connectivity index (χ0v) is 12.2. The third-order valence-corrected chi connectivity index (χ3v) is 3.84. The molecule has 0 aromatic carbocycles. The summed E-state index contributed by atoms with van der Waals surface area (Å²) in [6, 6.07) is 0.179. The van der Waals surface area contributed by atoms with Crippen LogP contribution in [0.5, 0.6) is 0 Å². The lowest BCUT2D eigenvalue weighted by Gasteiger charge is -2.29. The fourth-order valence-electron chi connectivity index (χ4n) is 2.82. The maximum Gasteiger partial charge on any atom is 0.223 e. The summed E-state index contributed by atoms with van der Waals surface area (Å²) in [5, 5.41) is 9.48. The highest BCUT2D eigenvalue weighted by atomic mass is 16.3. The first-order valence-corrected chi connectivity index (χ1v) is 7.48. The van der Waals surface area contributed by atoms with Crippen molar-refractivity contribution in [3.05, 3.63) is 0 Å². The molecule has 0 aromatic heterocycles. The van der Waals surface area contributed by atoms with Crippen molar-refractivity contribution in [1.82, 2.24) is 4.90 Å². The van der Waals surface area contributed by atoms with Crippen LogP contribution in [0, 0.1) is 5.92 Å². The average molecular weight is 255 g/mol. The molecule has 1 aliphatic carbocycles. The number of aliphatic hydroxyl groups is 1. The van der Waals surface area contributed by atoms with Gasteiger partial charge in [-0.3, -0.25) is 4.79 Å². The maximum absolute atomic E-state index is 12.3. The van der Waals surface area contributed by atoms with E-state index < -0.39 is 6.10 Å². The maximum atomic E-state index is 12.3. The van der Waals surface area contributed by atoms with Crippen molar-refractivity contribution in [3.63, 3.8) is 0 Å². The second-order valence-electron chi connectivity index (χ2n) is 6.05. The average Bonchev–Trinajstić information content (AvgIpc) is 2.53. The highest BCUT2D eigenvalue weighted by molar-refractivity contribution is 5.76. The van der Waals surface area contributed by atoms with E-state index in [4.69, 9.17) is 0 Å². The van der Waals surface area contributed by atoms with Gasteiger partial charge in [0.05, 0.1) is 6.10 Å². The first-order valence-electron chi connectivity index (χ1n) is 7.48. The van der Waals surface area contributed by atoms with E-state index in [9.17, 15) is 9.90 Å². The predicted molar refractivity (Wildman–Crippen MR) is 74.3 cm³/mol. The van der Waals surface area contributed by atoms with E-state index in [1.807, 2.05) is 18.7 Å². The molecule has 0 heterocycles. The molecule has 0 bridgehead atoms. The largest absolute Gasteiger partial charge is 0.392 e. The van der Waals surface area contributed by atoms with Gasteiger partial charge in [-0.2, -0.15) is 0 Å². The Balaban J connectivity index is 2.49. The summed E-state index contributed by atoms with van der Waals surface area (Å²) in [6.45, 7) is 6.25. The highest BCUT2D eigenvalue weighted by Crippen LogP contribution is 2.26. The summed E-state index contributed by atoms with van der Waals surface area (Å²) in [4.78, 5) is 14.1. The molecule has 0 aliphatic heterocycles. The van der Waals surface area contributed by atoms with E-state index in [0.717, 1.165) is 0 Å². The number of amides is 1. The third kappa shape index (κ3) is 5.38. The Morgan fingerprint density at radius 2 is 1.72 bits per heavy atom. The quantitative estimate of drug-likeness (QED) is 0.767. The standard InChI is InChI=1S/C15H29NO2/c1-12(2)16(11-13(3)17)15(18)10-14-8-6-4-5-7-9-14/h12-14,17H,4-11H2,1-3H3. The molecule has 0 radical (unpaired) electrons. The lowest BCUT2D eigenvalue weighted by atomic mass is 9.95. The fourth-order valence-corrected chi connectivity index (χ4v) is 2.82. The van der Waals surface area contributed by atoms with Gasteiger partial charge < -0.3 is 10.0 Å². The third-order valence-electron chi connectivity index (χ3n) is 3.84. The topological polar surface area (TPSA) is 40.5 Å². The molecule has 1 atom stereocenters. The molecule has 106 valence electrons. The zero-order valence-electron chi connectivity index (χ0n) is 12.2. The molecule has 1 N–H and O–H groups in total. The van der Waals surface area contributed by atoms with Crippen molar-refractivity contribution in [2.24, 2.45) is 5.92 Å². The van der Waals surface area contributed by atoms with E-state index in [1.54, 1.807) is 6.92 Å². The van der Waals surface area contributed by atoms with Crippen LogP contribution in [-0.2, 0) is 4.79 Å². The van der Waals surface area contributed by atoms with E-state index in [-0.39, 0.29) is 11.9 Å². The monoisotopic (exact) mass is 255 g/mol. The molecule has 18 heavy (non-hydrogen) atoms. The van der Waals surface area contributed by atoms with Gasteiger partial charge >= 0.3 is 0 Å². The minimum atomic E-state index is -0.439. The first-order chi connectivity index (χ1) is 8.50. The van der Waals surface area contributed by atoms with Crippen molar-refractivity contribution < 1.29 is 9.90 Å². The molecule has 0 saturated heterocycles. The van der Waals surface area contributed by atoms with E-state index in [2.05, 4.69) is 0 Å².